The zero-order chi connectivity index (χ0) is 29.5. The summed E-state index contributed by atoms with van der Waals surface area (Å²) in [4.78, 5) is 15.5. The molecule has 0 saturated carbocycles. The van der Waals surface area contributed by atoms with E-state index in [0.717, 1.165) is 22.2 Å². The van der Waals surface area contributed by atoms with E-state index in [1.165, 1.54) is 51.1 Å². The van der Waals surface area contributed by atoms with E-state index in [1.807, 2.05) is 0 Å². The first-order chi connectivity index (χ1) is 22.3. The number of rotatable bonds is 3. The Bertz CT molecular complexity index is 2600. The Morgan fingerprint density at radius 1 is 0.378 bits per heavy atom. The molecule has 0 unspecified atom stereocenters. The molecular weight excluding hydrogens is 589 g/mol. The number of aromatic nitrogens is 4. The van der Waals surface area contributed by atoms with E-state index >= 15 is 0 Å². The summed E-state index contributed by atoms with van der Waals surface area (Å²) in [7, 11) is 0. The first-order valence-corrected chi connectivity index (χ1v) is 16.5. The van der Waals surface area contributed by atoms with Gasteiger partial charge in [0.2, 0.25) is 5.95 Å². The number of para-hydroxylation sites is 2. The van der Waals surface area contributed by atoms with E-state index in [9.17, 15) is 0 Å². The lowest BCUT2D eigenvalue weighted by Gasteiger charge is -2.11. The molecule has 0 N–H and O–H groups in total. The van der Waals surface area contributed by atoms with Crippen molar-refractivity contribution in [3.05, 3.63) is 133 Å². The molecule has 10 rings (SSSR count). The van der Waals surface area contributed by atoms with Gasteiger partial charge in [-0.15, -0.1) is 22.7 Å². The van der Waals surface area contributed by atoms with Crippen LogP contribution < -0.4 is 0 Å². The molecule has 0 atom stereocenters. The fraction of sp³-hybridized carbons (Fsp3) is 0. The van der Waals surface area contributed by atoms with Gasteiger partial charge in [-0.25, -0.2) is 4.98 Å². The molecule has 0 fully saturated rings. The number of hydrogen-bond donors (Lipinski definition) is 0. The van der Waals surface area contributed by atoms with Crippen molar-refractivity contribution in [1.29, 1.82) is 0 Å². The van der Waals surface area contributed by atoms with Crippen LogP contribution in [0, 0.1) is 0 Å². The molecule has 0 bridgehead atoms. The van der Waals surface area contributed by atoms with Crippen molar-refractivity contribution in [3.63, 3.8) is 0 Å². The predicted octanol–water partition coefficient (Wildman–Crippen LogP) is 11.0. The minimum atomic E-state index is 0.611. The molecule has 0 saturated heterocycles. The van der Waals surface area contributed by atoms with E-state index in [0.29, 0.717) is 17.6 Å². The molecule has 4 aromatic heterocycles. The van der Waals surface area contributed by atoms with Crippen LogP contribution in [0.2, 0.25) is 0 Å². The number of hydrogen-bond acceptors (Lipinski definition) is 5. The monoisotopic (exact) mass is 610 g/mol. The van der Waals surface area contributed by atoms with Gasteiger partial charge in [-0.3, -0.25) is 4.57 Å². The van der Waals surface area contributed by atoms with E-state index in [2.05, 4.69) is 138 Å². The molecule has 0 spiro atoms. The highest BCUT2D eigenvalue weighted by Crippen LogP contribution is 2.38. The lowest BCUT2D eigenvalue weighted by atomic mass is 10.1. The molecule has 0 aliphatic rings. The molecule has 0 aliphatic heterocycles. The average molecular weight is 611 g/mol. The highest BCUT2D eigenvalue weighted by Gasteiger charge is 2.18. The fourth-order valence-corrected chi connectivity index (χ4v) is 8.88. The van der Waals surface area contributed by atoms with Crippen molar-refractivity contribution in [2.24, 2.45) is 0 Å². The summed E-state index contributed by atoms with van der Waals surface area (Å²) in [6.45, 7) is 0. The molecule has 45 heavy (non-hydrogen) atoms. The zero-order valence-electron chi connectivity index (χ0n) is 23.8. The highest BCUT2D eigenvalue weighted by atomic mass is 32.1. The SMILES string of the molecule is c1ccc2c(c1)sc1cc(-c3nc(-c4ccc5c(c4)sc4ccccc45)nc(-n4c5ccccc5c5ccccc54)n3)ccc12. The maximum Gasteiger partial charge on any atom is 0.238 e. The molecule has 10 aromatic rings. The average Bonchev–Trinajstić information content (AvgIpc) is 3.77. The van der Waals surface area contributed by atoms with Crippen molar-refractivity contribution >= 4 is 84.8 Å². The van der Waals surface area contributed by atoms with E-state index < -0.39 is 0 Å². The minimum absolute atomic E-state index is 0.611. The Kier molecular flexibility index (Phi) is 5.29. The molecule has 6 heteroatoms. The highest BCUT2D eigenvalue weighted by molar-refractivity contribution is 7.26. The number of benzene rings is 6. The van der Waals surface area contributed by atoms with Crippen molar-refractivity contribution in [2.45, 2.75) is 0 Å². The molecule has 0 radical (unpaired) electrons. The third-order valence-electron chi connectivity index (χ3n) is 8.68. The van der Waals surface area contributed by atoms with E-state index in [-0.39, 0.29) is 0 Å². The largest absolute Gasteiger partial charge is 0.278 e. The molecular formula is C39H22N4S2. The molecule has 210 valence electrons. The second-order valence-electron chi connectivity index (χ2n) is 11.3. The van der Waals surface area contributed by atoms with Crippen LogP contribution in [0.25, 0.3) is 90.9 Å². The van der Waals surface area contributed by atoms with Gasteiger partial charge in [-0.05, 0) is 36.4 Å². The Labute approximate surface area is 265 Å². The maximum absolute atomic E-state index is 5.18. The molecule has 4 heterocycles. The third-order valence-corrected chi connectivity index (χ3v) is 10.9. The van der Waals surface area contributed by atoms with E-state index in [1.54, 1.807) is 22.7 Å². The Morgan fingerprint density at radius 2 is 0.800 bits per heavy atom. The normalized spacial score (nSPS) is 12.0. The summed E-state index contributed by atoms with van der Waals surface area (Å²) in [5.41, 5.74) is 4.09. The summed E-state index contributed by atoms with van der Waals surface area (Å²) in [5, 5.41) is 7.42. The summed E-state index contributed by atoms with van der Waals surface area (Å²) < 4.78 is 7.18. The van der Waals surface area contributed by atoms with Crippen LogP contribution >= 0.6 is 22.7 Å². The number of thiophene rings is 2. The van der Waals surface area contributed by atoms with Gasteiger partial charge in [-0.1, -0.05) is 97.1 Å². The van der Waals surface area contributed by atoms with Gasteiger partial charge in [0.05, 0.1) is 11.0 Å². The van der Waals surface area contributed by atoms with Crippen LogP contribution in [0.3, 0.4) is 0 Å². The van der Waals surface area contributed by atoms with Crippen molar-refractivity contribution < 1.29 is 0 Å². The first kappa shape index (κ1) is 25.0. The van der Waals surface area contributed by atoms with Crippen LogP contribution in [0.1, 0.15) is 0 Å². The van der Waals surface area contributed by atoms with Gasteiger partial charge in [0.15, 0.2) is 11.6 Å². The summed E-state index contributed by atoms with van der Waals surface area (Å²) in [6.07, 6.45) is 0. The van der Waals surface area contributed by atoms with Crippen LogP contribution in [0.5, 0.6) is 0 Å². The Hall–Kier alpha value is -5.43. The van der Waals surface area contributed by atoms with Crippen LogP contribution in [0.15, 0.2) is 133 Å². The fourth-order valence-electron chi connectivity index (χ4n) is 6.59. The second-order valence-corrected chi connectivity index (χ2v) is 13.4. The number of fused-ring (bicyclic) bond motifs is 9. The molecule has 0 aliphatic carbocycles. The van der Waals surface area contributed by atoms with Gasteiger partial charge < -0.3 is 0 Å². The van der Waals surface area contributed by atoms with Gasteiger partial charge in [0, 0.05) is 62.2 Å². The second kappa shape index (κ2) is 9.53. The quantitative estimate of drug-likeness (QED) is 0.200. The maximum atomic E-state index is 5.18. The van der Waals surface area contributed by atoms with Crippen LogP contribution in [0.4, 0.5) is 0 Å². The molecule has 4 nitrogen and oxygen atoms in total. The lowest BCUT2D eigenvalue weighted by molar-refractivity contribution is 0.954. The van der Waals surface area contributed by atoms with Gasteiger partial charge >= 0.3 is 0 Å². The zero-order valence-corrected chi connectivity index (χ0v) is 25.4. The summed E-state index contributed by atoms with van der Waals surface area (Å²) >= 11 is 3.61. The standard InChI is InChI=1S/C39H22N4S2/c1-5-13-31-25(9-1)26-10-2-6-14-32(26)43(31)39-41-37(23-17-19-29-27-11-3-7-15-33(27)44-35(29)21-23)40-38(42-39)24-18-20-30-28-12-4-8-16-34(28)45-36(30)22-24/h1-22H. The Morgan fingerprint density at radius 3 is 1.31 bits per heavy atom. The summed E-state index contributed by atoms with van der Waals surface area (Å²) in [5.74, 6) is 1.93. The van der Waals surface area contributed by atoms with Crippen molar-refractivity contribution in [1.82, 2.24) is 19.5 Å². The smallest absolute Gasteiger partial charge is 0.238 e. The van der Waals surface area contributed by atoms with Gasteiger partial charge in [0.1, 0.15) is 0 Å². The lowest BCUT2D eigenvalue weighted by Crippen LogP contribution is -2.06. The minimum Gasteiger partial charge on any atom is -0.278 e. The van der Waals surface area contributed by atoms with Crippen molar-refractivity contribution in [3.8, 4) is 28.7 Å². The number of nitrogens with zero attached hydrogens (tertiary/aromatic N) is 4. The van der Waals surface area contributed by atoms with Gasteiger partial charge in [0.25, 0.3) is 0 Å². The molecule has 6 aromatic carbocycles. The van der Waals surface area contributed by atoms with Crippen molar-refractivity contribution in [2.75, 3.05) is 0 Å². The van der Waals surface area contributed by atoms with Crippen LogP contribution in [-0.4, -0.2) is 19.5 Å². The predicted molar refractivity (Wildman–Crippen MR) is 191 cm³/mol. The van der Waals surface area contributed by atoms with E-state index in [4.69, 9.17) is 15.0 Å². The summed E-state index contributed by atoms with van der Waals surface area (Å²) in [6, 6.07) is 47.3. The van der Waals surface area contributed by atoms with Crippen LogP contribution in [-0.2, 0) is 0 Å². The topological polar surface area (TPSA) is 43.6 Å². The third kappa shape index (κ3) is 3.80. The Balaban J connectivity index is 1.24. The van der Waals surface area contributed by atoms with Gasteiger partial charge in [-0.2, -0.15) is 9.97 Å². The first-order valence-electron chi connectivity index (χ1n) is 14.9. The molecule has 0 amide bonds.